The Balaban J connectivity index is 1.82. The zero-order valence-corrected chi connectivity index (χ0v) is 15.1. The molecule has 2 aliphatic rings. The lowest BCUT2D eigenvalue weighted by molar-refractivity contribution is -0.163. The lowest BCUT2D eigenvalue weighted by Crippen LogP contribution is -2.63. The molecule has 0 saturated carbocycles. The first kappa shape index (κ1) is 17.9. The van der Waals surface area contributed by atoms with Crippen molar-refractivity contribution in [1.29, 1.82) is 0 Å². The zero-order chi connectivity index (χ0) is 18.3. The highest BCUT2D eigenvalue weighted by molar-refractivity contribution is 8.03. The summed E-state index contributed by atoms with van der Waals surface area (Å²) in [5, 5.41) is 27.5. The zero-order valence-electron chi connectivity index (χ0n) is 14.3. The highest BCUT2D eigenvalue weighted by Gasteiger charge is 2.60. The molecule has 1 aromatic rings. The molecule has 1 amide bonds. The monoisotopic (exact) mass is 363 g/mol. The first-order valence-corrected chi connectivity index (χ1v) is 9.12. The van der Waals surface area contributed by atoms with E-state index in [4.69, 9.17) is 0 Å². The van der Waals surface area contributed by atoms with E-state index in [1.807, 2.05) is 26.0 Å². The third kappa shape index (κ3) is 3.04. The van der Waals surface area contributed by atoms with Gasteiger partial charge in [-0.2, -0.15) is 10.2 Å². The summed E-state index contributed by atoms with van der Waals surface area (Å²) in [6.07, 6.45) is 1.48. The minimum absolute atomic E-state index is 0.0652. The van der Waals surface area contributed by atoms with Gasteiger partial charge in [0.05, 0.1) is 23.8 Å². The van der Waals surface area contributed by atoms with E-state index in [0.717, 1.165) is 5.69 Å². The largest absolute Gasteiger partial charge is 0.477 e. The molecule has 8 heteroatoms. The number of β-lactam (4-membered cyclic amide) rings is 1. The van der Waals surface area contributed by atoms with Crippen LogP contribution < -0.4 is 0 Å². The molecule has 1 saturated heterocycles. The number of aliphatic hydroxyl groups is 1. The van der Waals surface area contributed by atoms with Crippen molar-refractivity contribution >= 4 is 23.6 Å². The molecule has 2 aliphatic heterocycles. The number of aliphatic hydroxyl groups excluding tert-OH is 1. The number of hydrogen-bond acceptors (Lipinski definition) is 6. The van der Waals surface area contributed by atoms with Crippen LogP contribution >= 0.6 is 11.8 Å². The third-order valence-electron chi connectivity index (χ3n) is 4.76. The van der Waals surface area contributed by atoms with E-state index in [2.05, 4.69) is 10.2 Å². The number of hydrogen-bond donors (Lipinski definition) is 2. The van der Waals surface area contributed by atoms with Gasteiger partial charge in [-0.15, -0.1) is 11.8 Å². The van der Waals surface area contributed by atoms with E-state index in [1.165, 1.54) is 16.7 Å². The lowest BCUT2D eigenvalue weighted by Gasteiger charge is -2.46. The van der Waals surface area contributed by atoms with Gasteiger partial charge in [-0.1, -0.05) is 13.8 Å². The Labute approximate surface area is 150 Å². The number of thioether (sulfide) groups is 1. The number of carbonyl (C=O) groups excluding carboxylic acids is 1. The second-order valence-corrected chi connectivity index (χ2v) is 8.10. The van der Waals surface area contributed by atoms with Gasteiger partial charge >= 0.3 is 5.97 Å². The van der Waals surface area contributed by atoms with Gasteiger partial charge in [-0.3, -0.25) is 4.79 Å². The number of aromatic nitrogens is 2. The summed E-state index contributed by atoms with van der Waals surface area (Å²) in [4.78, 5) is 26.1. The number of carboxylic acid groups (broad SMARTS) is 1. The van der Waals surface area contributed by atoms with Crippen molar-refractivity contribution in [3.8, 4) is 0 Å². The average Bonchev–Trinajstić information content (AvgIpc) is 2.77. The van der Waals surface area contributed by atoms with Crippen molar-refractivity contribution in [2.24, 2.45) is 11.8 Å². The Morgan fingerprint density at radius 1 is 1.44 bits per heavy atom. The maximum absolute atomic E-state index is 12.3. The van der Waals surface area contributed by atoms with E-state index in [0.29, 0.717) is 11.3 Å². The van der Waals surface area contributed by atoms with Crippen LogP contribution in [0.5, 0.6) is 0 Å². The van der Waals surface area contributed by atoms with E-state index in [1.54, 1.807) is 13.1 Å². The van der Waals surface area contributed by atoms with Crippen LogP contribution in [-0.2, 0) is 16.0 Å². The summed E-state index contributed by atoms with van der Waals surface area (Å²) in [5.74, 6) is -2.04. The summed E-state index contributed by atoms with van der Waals surface area (Å²) >= 11 is 1.47. The molecule has 0 radical (unpaired) electrons. The molecular weight excluding hydrogens is 342 g/mol. The summed E-state index contributed by atoms with van der Waals surface area (Å²) in [5.41, 5.74) is 0.905. The molecule has 1 fully saturated rings. The van der Waals surface area contributed by atoms with Gasteiger partial charge in [0.1, 0.15) is 5.70 Å². The standard InChI is InChI=1S/C17H21N3O4S/c1-8(7-11-5-4-6-18-19-11)25-15-9(2)13-12(10(3)21)16(22)20(13)14(15)17(23)24/h4-6,8-10,12-13,21H,7H2,1-3H3,(H,23,24). The molecule has 25 heavy (non-hydrogen) atoms. The Hall–Kier alpha value is -1.93. The van der Waals surface area contributed by atoms with Crippen LogP contribution in [-0.4, -0.2) is 54.6 Å². The number of carbonyl (C=O) groups is 2. The number of nitrogens with zero attached hydrogens (tertiary/aromatic N) is 3. The molecule has 0 bridgehead atoms. The van der Waals surface area contributed by atoms with Crippen LogP contribution in [0.25, 0.3) is 0 Å². The van der Waals surface area contributed by atoms with Crippen LogP contribution in [0.15, 0.2) is 28.9 Å². The van der Waals surface area contributed by atoms with Crippen molar-refractivity contribution in [1.82, 2.24) is 15.1 Å². The SMILES string of the molecule is CC(Cc1cccnn1)SC1=C(C(=O)O)N2C(=O)C(C(C)O)C2C1C. The maximum Gasteiger partial charge on any atom is 0.353 e. The van der Waals surface area contributed by atoms with Crippen molar-refractivity contribution < 1.29 is 19.8 Å². The summed E-state index contributed by atoms with van der Waals surface area (Å²) in [6.45, 7) is 5.50. The van der Waals surface area contributed by atoms with Crippen molar-refractivity contribution in [2.75, 3.05) is 0 Å². The molecule has 0 aliphatic carbocycles. The van der Waals surface area contributed by atoms with Gasteiger partial charge in [-0.05, 0) is 19.1 Å². The molecule has 7 nitrogen and oxygen atoms in total. The second kappa shape index (κ2) is 6.76. The van der Waals surface area contributed by atoms with Gasteiger partial charge in [-0.25, -0.2) is 4.79 Å². The highest BCUT2D eigenvalue weighted by Crippen LogP contribution is 2.51. The van der Waals surface area contributed by atoms with E-state index < -0.39 is 18.0 Å². The minimum Gasteiger partial charge on any atom is -0.477 e. The molecular formula is C17H21N3O4S. The number of amides is 1. The number of aliphatic carboxylic acids is 1. The lowest BCUT2D eigenvalue weighted by atomic mass is 9.79. The van der Waals surface area contributed by atoms with Crippen molar-refractivity contribution in [3.05, 3.63) is 34.6 Å². The van der Waals surface area contributed by atoms with Crippen LogP contribution in [0.1, 0.15) is 26.5 Å². The minimum atomic E-state index is -1.10. The fourth-order valence-corrected chi connectivity index (χ4v) is 5.01. The van der Waals surface area contributed by atoms with E-state index in [9.17, 15) is 19.8 Å². The highest BCUT2D eigenvalue weighted by atomic mass is 32.2. The smallest absolute Gasteiger partial charge is 0.353 e. The van der Waals surface area contributed by atoms with Gasteiger partial charge in [0.15, 0.2) is 0 Å². The molecule has 5 atom stereocenters. The summed E-state index contributed by atoms with van der Waals surface area (Å²) in [6, 6.07) is 3.43. The Kier molecular flexibility index (Phi) is 4.83. The molecule has 0 aromatic carbocycles. The average molecular weight is 363 g/mol. The molecule has 0 spiro atoms. The van der Waals surface area contributed by atoms with E-state index >= 15 is 0 Å². The Morgan fingerprint density at radius 2 is 2.16 bits per heavy atom. The number of carboxylic acids is 1. The first-order chi connectivity index (χ1) is 11.8. The normalized spacial score (nSPS) is 27.8. The molecule has 1 aromatic heterocycles. The molecule has 5 unspecified atom stereocenters. The van der Waals surface area contributed by atoms with Gasteiger partial charge in [0, 0.05) is 28.7 Å². The van der Waals surface area contributed by atoms with Gasteiger partial charge in [0.2, 0.25) is 5.91 Å². The van der Waals surface area contributed by atoms with Crippen LogP contribution in [0.4, 0.5) is 0 Å². The summed E-state index contributed by atoms with van der Waals surface area (Å²) < 4.78 is 0. The number of rotatable bonds is 6. The number of fused-ring (bicyclic) bond motifs is 1. The topological polar surface area (TPSA) is 104 Å². The van der Waals surface area contributed by atoms with Crippen molar-refractivity contribution in [2.45, 2.75) is 44.6 Å². The Bertz CT molecular complexity index is 722. The summed E-state index contributed by atoms with van der Waals surface area (Å²) in [7, 11) is 0. The molecule has 134 valence electrons. The van der Waals surface area contributed by atoms with Gasteiger partial charge in [0.25, 0.3) is 0 Å². The third-order valence-corrected chi connectivity index (χ3v) is 6.15. The second-order valence-electron chi connectivity index (χ2n) is 6.62. The van der Waals surface area contributed by atoms with Gasteiger partial charge < -0.3 is 15.1 Å². The van der Waals surface area contributed by atoms with Crippen LogP contribution in [0.3, 0.4) is 0 Å². The predicted octanol–water partition coefficient (Wildman–Crippen LogP) is 1.29. The quantitative estimate of drug-likeness (QED) is 0.734. The van der Waals surface area contributed by atoms with Crippen molar-refractivity contribution in [3.63, 3.8) is 0 Å². The van der Waals surface area contributed by atoms with E-state index in [-0.39, 0.29) is 28.8 Å². The van der Waals surface area contributed by atoms with Crippen LogP contribution in [0, 0.1) is 11.8 Å². The predicted molar refractivity (Wildman–Crippen MR) is 92.4 cm³/mol. The molecule has 3 heterocycles. The first-order valence-electron chi connectivity index (χ1n) is 8.24. The van der Waals surface area contributed by atoms with Crippen LogP contribution in [0.2, 0.25) is 0 Å². The fraction of sp³-hybridized carbons (Fsp3) is 0.529. The maximum atomic E-state index is 12.3. The molecule has 2 N–H and O–H groups in total. The fourth-order valence-electron chi connectivity index (χ4n) is 3.67. The Morgan fingerprint density at radius 3 is 2.72 bits per heavy atom. The molecule has 3 rings (SSSR count).